The molecule has 9 aromatic rings. The third-order valence-electron chi connectivity index (χ3n) is 18.0. The van der Waals surface area contributed by atoms with Gasteiger partial charge in [0.25, 0.3) is 29.1 Å². The van der Waals surface area contributed by atoms with Crippen LogP contribution in [0.4, 0.5) is 21.5 Å². The number of carbonyl (C=O) groups excluding carboxylic acids is 3. The van der Waals surface area contributed by atoms with Gasteiger partial charge in [-0.1, -0.05) is 72.8 Å². The summed E-state index contributed by atoms with van der Waals surface area (Å²) < 4.78 is 25.6. The molecule has 5 aliphatic rings. The number of halogens is 1. The van der Waals surface area contributed by atoms with E-state index < -0.39 is 15.7 Å². The minimum atomic E-state index is -0.610. The van der Waals surface area contributed by atoms with Crippen molar-refractivity contribution in [3.63, 3.8) is 0 Å². The number of fused-ring (bicyclic) bond motifs is 3. The number of nitrogen functional groups attached to an aromatic ring is 1. The maximum absolute atomic E-state index is 13.7. The van der Waals surface area contributed by atoms with Crippen molar-refractivity contribution in [3.05, 3.63) is 258 Å². The maximum Gasteiger partial charge on any atom is 0.279 e. The molecule has 3 atom stereocenters. The SMILES string of the molecule is Nc1ccc(OC2CCC2)cc1-c1cc(C(=O)N[C@H]2CCCc3ccccc32)ccn1.O=C(N[C@H]1CCCc2ccccc21)c1ccnc(-c2cc(F)ccc2[N+](=O)[O-])c1.O=C(N[C@H]1CCCc2ccccc21)c1ccnc(-c2cc(OC3CCC3)ccc2[N+](=O)[O-])c1. The first kappa shape index (κ1) is 62.5. The number of pyridine rings is 3. The topological polar surface area (TPSA) is 257 Å². The molecule has 3 aromatic heterocycles. The number of anilines is 1. The molecule has 2 saturated carbocycles. The molecule has 19 heteroatoms. The van der Waals surface area contributed by atoms with E-state index in [4.69, 9.17) is 15.2 Å². The second-order valence-corrected chi connectivity index (χ2v) is 24.1. The number of hydrogen-bond acceptors (Lipinski definition) is 13. The Balaban J connectivity index is 0.000000134. The Morgan fingerprint density at radius 1 is 0.441 bits per heavy atom. The number of ether oxygens (including phenoxy) is 2. The van der Waals surface area contributed by atoms with E-state index in [1.165, 1.54) is 53.2 Å². The zero-order valence-corrected chi connectivity index (χ0v) is 51.2. The van der Waals surface area contributed by atoms with Gasteiger partial charge in [0, 0.05) is 58.7 Å². The first-order valence-corrected chi connectivity index (χ1v) is 31.8. The van der Waals surface area contributed by atoms with E-state index in [-0.39, 0.29) is 64.6 Å². The second-order valence-electron chi connectivity index (χ2n) is 24.1. The summed E-state index contributed by atoms with van der Waals surface area (Å²) in [4.78, 5) is 73.8. The molecule has 6 aromatic carbocycles. The highest BCUT2D eigenvalue weighted by Gasteiger charge is 2.28. The summed E-state index contributed by atoms with van der Waals surface area (Å²) in [5.74, 6) is 0.159. The molecule has 3 heterocycles. The summed E-state index contributed by atoms with van der Waals surface area (Å²) in [7, 11) is 0. The lowest BCUT2D eigenvalue weighted by Gasteiger charge is -2.26. The highest BCUT2D eigenvalue weighted by atomic mass is 19.1. The minimum Gasteiger partial charge on any atom is -0.490 e. The summed E-state index contributed by atoms with van der Waals surface area (Å²) in [5.41, 5.74) is 17.5. The van der Waals surface area contributed by atoms with E-state index in [1.807, 2.05) is 60.7 Å². The van der Waals surface area contributed by atoms with Crippen LogP contribution < -0.4 is 31.2 Å². The van der Waals surface area contributed by atoms with Gasteiger partial charge in [-0.05, 0) is 209 Å². The van der Waals surface area contributed by atoms with Gasteiger partial charge in [-0.25, -0.2) is 4.39 Å². The zero-order chi connectivity index (χ0) is 64.4. The Kier molecular flexibility index (Phi) is 19.2. The number of nitro benzene ring substituents is 2. The third kappa shape index (κ3) is 14.9. The monoisotopic (exact) mass is 1250 g/mol. The number of nitrogens with zero attached hydrogens (tertiary/aromatic N) is 5. The molecule has 472 valence electrons. The zero-order valence-electron chi connectivity index (χ0n) is 51.2. The molecule has 93 heavy (non-hydrogen) atoms. The van der Waals surface area contributed by atoms with Crippen LogP contribution in [0, 0.1) is 26.0 Å². The second kappa shape index (κ2) is 28.6. The van der Waals surface area contributed by atoms with Gasteiger partial charge < -0.3 is 31.2 Å². The summed E-state index contributed by atoms with van der Waals surface area (Å²) >= 11 is 0. The van der Waals surface area contributed by atoms with Crippen LogP contribution in [0.2, 0.25) is 0 Å². The molecule has 18 nitrogen and oxygen atoms in total. The Hall–Kier alpha value is -10.7. The number of carbonyl (C=O) groups is 3. The number of nitrogens with one attached hydrogen (secondary N) is 3. The molecule has 2 fully saturated rings. The van der Waals surface area contributed by atoms with E-state index in [0.29, 0.717) is 51.2 Å². The Labute approximate surface area is 537 Å². The average Bonchev–Trinajstić information content (AvgIpc) is 1.18. The van der Waals surface area contributed by atoms with Gasteiger partial charge in [-0.3, -0.25) is 49.6 Å². The number of aryl methyl sites for hydroxylation is 3. The van der Waals surface area contributed by atoms with Crippen LogP contribution in [0.1, 0.15) is 160 Å². The fourth-order valence-electron chi connectivity index (χ4n) is 12.6. The maximum atomic E-state index is 13.7. The van der Waals surface area contributed by atoms with Crippen LogP contribution in [-0.2, 0) is 19.3 Å². The van der Waals surface area contributed by atoms with Gasteiger partial charge >= 0.3 is 0 Å². The van der Waals surface area contributed by atoms with Crippen molar-refractivity contribution in [2.75, 3.05) is 5.73 Å². The molecule has 0 spiro atoms. The highest BCUT2D eigenvalue weighted by Crippen LogP contribution is 2.38. The van der Waals surface area contributed by atoms with Crippen LogP contribution in [0.5, 0.6) is 11.5 Å². The number of nitro groups is 2. The van der Waals surface area contributed by atoms with E-state index >= 15 is 0 Å². The first-order chi connectivity index (χ1) is 45.3. The number of hydrogen-bond donors (Lipinski definition) is 4. The molecule has 3 amide bonds. The molecule has 0 bridgehead atoms. The Morgan fingerprint density at radius 3 is 1.20 bits per heavy atom. The molecular formula is C74H70FN9O9. The van der Waals surface area contributed by atoms with Crippen LogP contribution in [0.15, 0.2) is 182 Å². The van der Waals surface area contributed by atoms with Gasteiger partial charge in [0.2, 0.25) is 0 Å². The van der Waals surface area contributed by atoms with Gasteiger partial charge in [0.1, 0.15) is 17.3 Å². The minimum absolute atomic E-state index is 0.0349. The number of aromatic nitrogens is 3. The largest absolute Gasteiger partial charge is 0.490 e. The van der Waals surface area contributed by atoms with Crippen molar-refractivity contribution < 1.29 is 38.1 Å². The van der Waals surface area contributed by atoms with Crippen molar-refractivity contribution >= 4 is 34.8 Å². The predicted octanol–water partition coefficient (Wildman–Crippen LogP) is 15.1. The van der Waals surface area contributed by atoms with E-state index in [2.05, 4.69) is 67.3 Å². The van der Waals surface area contributed by atoms with Crippen LogP contribution in [-0.4, -0.2) is 54.7 Å². The van der Waals surface area contributed by atoms with Crippen molar-refractivity contribution in [1.29, 1.82) is 0 Å². The summed E-state index contributed by atoms with van der Waals surface area (Å²) in [6.45, 7) is 0. The molecule has 0 unspecified atom stereocenters. The van der Waals surface area contributed by atoms with E-state index in [0.717, 1.165) is 131 Å². The normalized spacial score (nSPS) is 17.0. The van der Waals surface area contributed by atoms with Crippen LogP contribution in [0.25, 0.3) is 33.8 Å². The lowest BCUT2D eigenvalue weighted by atomic mass is 9.87. The molecule has 5 N–H and O–H groups in total. The van der Waals surface area contributed by atoms with Crippen molar-refractivity contribution in [1.82, 2.24) is 30.9 Å². The standard InChI is InChI=1S/C26H25N3O4.C26H27N3O2.C22H18FN3O3/c30-26(28-23-10-3-6-17-5-1-2-9-21(17)23)18-13-14-27-24(15-18)22-16-20(33-19-7-4-8-19)11-12-25(22)29(31)32;27-23-12-11-20(31-19-7-4-8-19)16-22(23)25-15-18(13-14-28-25)26(30)29-24-10-3-6-17-5-1-2-9-21(17)24;23-16-8-9-21(26(28)29)18(13-16)20-12-15(10-11-24-20)22(27)25-19-7-3-5-14-4-1-2-6-17(14)19/h1-2,5,9,11-16,19,23H,3-4,6-8,10H2,(H,28,30);1-2,5,9,11-16,19,24H,3-4,6-8,10,27H2,(H,29,30);1-2,4,6,8-13,19H,3,5,7H2,(H,25,27)/t23-;24-;19-/m000/s1. The Bertz CT molecular complexity index is 4270. The van der Waals surface area contributed by atoms with Crippen molar-refractivity contribution in [3.8, 4) is 45.3 Å². The molecular weight excluding hydrogens is 1180 g/mol. The molecule has 0 aliphatic heterocycles. The first-order valence-electron chi connectivity index (χ1n) is 31.8. The van der Waals surface area contributed by atoms with E-state index in [9.17, 15) is 39.0 Å². The molecule has 5 aliphatic carbocycles. The quantitative estimate of drug-likeness (QED) is 0.0424. The van der Waals surface area contributed by atoms with E-state index in [1.54, 1.807) is 42.6 Å². The predicted molar refractivity (Wildman–Crippen MR) is 352 cm³/mol. The van der Waals surface area contributed by atoms with Gasteiger partial charge in [0.15, 0.2) is 0 Å². The third-order valence-corrected chi connectivity index (χ3v) is 18.0. The van der Waals surface area contributed by atoms with Gasteiger partial charge in [0.05, 0.1) is 68.4 Å². The number of rotatable bonds is 15. The number of nitrogens with two attached hydrogens (primary N) is 1. The van der Waals surface area contributed by atoms with Crippen LogP contribution in [0.3, 0.4) is 0 Å². The summed E-state index contributed by atoms with van der Waals surface area (Å²) in [6, 6.07) is 47.8. The lowest BCUT2D eigenvalue weighted by molar-refractivity contribution is -0.384. The van der Waals surface area contributed by atoms with Gasteiger partial charge in [-0.2, -0.15) is 0 Å². The fourth-order valence-corrected chi connectivity index (χ4v) is 12.6. The molecule has 0 saturated heterocycles. The smallest absolute Gasteiger partial charge is 0.279 e. The summed E-state index contributed by atoms with van der Waals surface area (Å²) in [6.07, 6.45) is 20.4. The number of benzene rings is 6. The van der Waals surface area contributed by atoms with Crippen molar-refractivity contribution in [2.45, 2.75) is 127 Å². The fraction of sp³-hybridized carbons (Fsp3) is 0.270. The van der Waals surface area contributed by atoms with Crippen molar-refractivity contribution in [2.24, 2.45) is 0 Å². The molecule has 14 rings (SSSR count). The highest BCUT2D eigenvalue weighted by molar-refractivity contribution is 5.97. The number of amides is 3. The summed E-state index contributed by atoms with van der Waals surface area (Å²) in [5, 5.41) is 32.3. The molecule has 0 radical (unpaired) electrons. The Morgan fingerprint density at radius 2 is 0.806 bits per heavy atom. The average molecular weight is 1250 g/mol. The van der Waals surface area contributed by atoms with Gasteiger partial charge in [-0.15, -0.1) is 0 Å². The van der Waals surface area contributed by atoms with Crippen LogP contribution >= 0.6 is 0 Å². The lowest BCUT2D eigenvalue weighted by Crippen LogP contribution is -2.31.